The van der Waals surface area contributed by atoms with E-state index in [1.54, 1.807) is 6.07 Å². The van der Waals surface area contributed by atoms with Crippen molar-refractivity contribution < 1.29 is 4.39 Å². The van der Waals surface area contributed by atoms with Gasteiger partial charge in [-0.3, -0.25) is 9.78 Å². The van der Waals surface area contributed by atoms with Gasteiger partial charge >= 0.3 is 0 Å². The van der Waals surface area contributed by atoms with Crippen LogP contribution in [-0.4, -0.2) is 16.1 Å². The van der Waals surface area contributed by atoms with Crippen molar-refractivity contribution in [3.63, 3.8) is 0 Å². The van der Waals surface area contributed by atoms with Crippen LogP contribution in [0.25, 0.3) is 21.5 Å². The van der Waals surface area contributed by atoms with Crippen molar-refractivity contribution in [2.75, 3.05) is 6.54 Å². The first-order valence-corrected chi connectivity index (χ1v) is 5.42. The van der Waals surface area contributed by atoms with E-state index in [0.717, 1.165) is 6.20 Å². The summed E-state index contributed by atoms with van der Waals surface area (Å²) in [5.41, 5.74) is 9.68. The minimum absolute atomic E-state index is 0.129. The Morgan fingerprint density at radius 1 is 1.61 bits per heavy atom. The number of halogens is 1. The van der Waals surface area contributed by atoms with Gasteiger partial charge in [0, 0.05) is 29.1 Å². The summed E-state index contributed by atoms with van der Waals surface area (Å²) in [6, 6.07) is 2.64. The van der Waals surface area contributed by atoms with Crippen molar-refractivity contribution in [3.05, 3.63) is 50.5 Å². The largest absolute Gasteiger partial charge is 0.303 e. The summed E-state index contributed by atoms with van der Waals surface area (Å²) in [6.07, 6.45) is 1.51. The van der Waals surface area contributed by atoms with Gasteiger partial charge in [-0.25, -0.2) is 4.39 Å². The maximum Gasteiger partial charge on any atom is 0.251 e. The van der Waals surface area contributed by atoms with Gasteiger partial charge < -0.3 is 4.57 Å². The van der Waals surface area contributed by atoms with Crippen LogP contribution in [0.3, 0.4) is 0 Å². The molecule has 0 radical (unpaired) electrons. The number of rotatable bonds is 2. The van der Waals surface area contributed by atoms with Crippen molar-refractivity contribution in [1.82, 2.24) is 9.55 Å². The highest BCUT2D eigenvalue weighted by atomic mass is 19.1. The number of hydrogen-bond acceptors (Lipinski definition) is 3. The maximum atomic E-state index is 13.7. The number of nitrogens with zero attached hydrogens (tertiary/aromatic N) is 5. The highest BCUT2D eigenvalue weighted by molar-refractivity contribution is 5.80. The first-order chi connectivity index (χ1) is 8.72. The third-order valence-electron chi connectivity index (χ3n) is 3.16. The zero-order valence-corrected chi connectivity index (χ0v) is 9.25. The summed E-state index contributed by atoms with van der Waals surface area (Å²) < 4.78 is 15.2. The minimum Gasteiger partial charge on any atom is -0.303 e. The van der Waals surface area contributed by atoms with Gasteiger partial charge in [-0.2, -0.15) is 0 Å². The summed E-state index contributed by atoms with van der Waals surface area (Å²) in [4.78, 5) is 18.5. The van der Waals surface area contributed by atoms with Crippen LogP contribution in [-0.2, 0) is 6.42 Å². The summed E-state index contributed by atoms with van der Waals surface area (Å²) in [7, 11) is 0. The highest BCUT2D eigenvalue weighted by Crippen LogP contribution is 2.31. The van der Waals surface area contributed by atoms with Crippen LogP contribution in [0.1, 0.15) is 11.6 Å². The molecule has 2 aromatic heterocycles. The van der Waals surface area contributed by atoms with Crippen LogP contribution >= 0.6 is 0 Å². The monoisotopic (exact) mass is 245 g/mol. The lowest BCUT2D eigenvalue weighted by atomic mass is 10.1. The summed E-state index contributed by atoms with van der Waals surface area (Å²) in [5.74, 6) is -0.426. The topological polar surface area (TPSA) is 83.7 Å². The third kappa shape index (κ3) is 1.38. The van der Waals surface area contributed by atoms with E-state index in [9.17, 15) is 9.18 Å². The molecular weight excluding hydrogens is 237 g/mol. The molecule has 0 aliphatic carbocycles. The third-order valence-corrected chi connectivity index (χ3v) is 3.16. The summed E-state index contributed by atoms with van der Waals surface area (Å²) in [6.45, 7) is 0.129. The van der Waals surface area contributed by atoms with Gasteiger partial charge in [-0.15, -0.1) is 0 Å². The quantitative estimate of drug-likeness (QED) is 0.460. The SMILES string of the molecule is [N-]=[N+]=NCC1Cc2c(F)cnc3ccc(=O)n1c23. The van der Waals surface area contributed by atoms with Crippen molar-refractivity contribution in [1.29, 1.82) is 0 Å². The van der Waals surface area contributed by atoms with Crippen LogP contribution in [0, 0.1) is 5.82 Å². The minimum atomic E-state index is -0.426. The van der Waals surface area contributed by atoms with Gasteiger partial charge in [-0.1, -0.05) is 5.11 Å². The second-order valence-electron chi connectivity index (χ2n) is 4.13. The molecule has 6 nitrogen and oxygen atoms in total. The molecule has 1 aliphatic heterocycles. The predicted molar refractivity (Wildman–Crippen MR) is 62.7 cm³/mol. The average Bonchev–Trinajstić information content (AvgIpc) is 2.76. The van der Waals surface area contributed by atoms with Gasteiger partial charge in [0.05, 0.1) is 17.2 Å². The van der Waals surface area contributed by atoms with Crippen molar-refractivity contribution in [2.45, 2.75) is 12.5 Å². The van der Waals surface area contributed by atoms with Crippen LogP contribution in [0.2, 0.25) is 0 Å². The first kappa shape index (κ1) is 10.7. The number of pyridine rings is 2. The molecular formula is C11H8FN5O. The molecule has 0 aromatic carbocycles. The molecule has 7 heteroatoms. The number of azide groups is 1. The number of aromatic nitrogens is 2. The van der Waals surface area contributed by atoms with Crippen molar-refractivity contribution in [3.8, 4) is 0 Å². The van der Waals surface area contributed by atoms with Gasteiger partial charge in [-0.05, 0) is 18.0 Å². The second kappa shape index (κ2) is 3.82. The van der Waals surface area contributed by atoms with E-state index in [0.29, 0.717) is 23.0 Å². The fourth-order valence-corrected chi connectivity index (χ4v) is 2.43. The molecule has 0 spiro atoms. The summed E-state index contributed by atoms with van der Waals surface area (Å²) >= 11 is 0. The Kier molecular flexibility index (Phi) is 2.28. The Morgan fingerprint density at radius 3 is 3.22 bits per heavy atom. The molecule has 3 heterocycles. The molecule has 1 atom stereocenters. The van der Waals surface area contributed by atoms with Gasteiger partial charge in [0.2, 0.25) is 0 Å². The van der Waals surface area contributed by atoms with Gasteiger partial charge in [0.15, 0.2) is 0 Å². The Labute approximate surface area is 100 Å². The molecule has 0 bridgehead atoms. The molecule has 0 saturated heterocycles. The second-order valence-corrected chi connectivity index (χ2v) is 4.13. The molecule has 2 aromatic rings. The Morgan fingerprint density at radius 2 is 2.44 bits per heavy atom. The standard InChI is InChI=1S/C11H8FN5O/c12-8-5-14-9-1-2-10(18)17-6(4-15-16-13)3-7(8)11(9)17/h1-2,5-6H,3-4H2. The van der Waals surface area contributed by atoms with E-state index in [1.165, 1.54) is 10.6 Å². The van der Waals surface area contributed by atoms with Crippen molar-refractivity contribution >= 4 is 11.0 Å². The van der Waals surface area contributed by atoms with Crippen molar-refractivity contribution in [2.24, 2.45) is 5.11 Å². The zero-order valence-electron chi connectivity index (χ0n) is 9.25. The molecule has 0 N–H and O–H groups in total. The van der Waals surface area contributed by atoms with Crippen LogP contribution in [0.4, 0.5) is 4.39 Å². The van der Waals surface area contributed by atoms with Crippen LogP contribution < -0.4 is 5.56 Å². The highest BCUT2D eigenvalue weighted by Gasteiger charge is 2.27. The normalized spacial score (nSPS) is 16.8. The Bertz CT molecular complexity index is 747. The maximum absolute atomic E-state index is 13.7. The lowest BCUT2D eigenvalue weighted by Gasteiger charge is -2.10. The fraction of sp³-hybridized carbons (Fsp3) is 0.273. The van der Waals surface area contributed by atoms with E-state index in [2.05, 4.69) is 15.0 Å². The van der Waals surface area contributed by atoms with E-state index < -0.39 is 5.82 Å². The average molecular weight is 245 g/mol. The van der Waals surface area contributed by atoms with E-state index in [4.69, 9.17) is 5.53 Å². The Balaban J connectivity index is 2.31. The van der Waals surface area contributed by atoms with Gasteiger partial charge in [0.1, 0.15) is 5.82 Å². The zero-order chi connectivity index (χ0) is 12.7. The molecule has 18 heavy (non-hydrogen) atoms. The molecule has 0 saturated carbocycles. The molecule has 90 valence electrons. The molecule has 0 fully saturated rings. The molecule has 3 rings (SSSR count). The summed E-state index contributed by atoms with van der Waals surface area (Å²) in [5, 5.41) is 3.47. The van der Waals surface area contributed by atoms with Gasteiger partial charge in [0.25, 0.3) is 5.56 Å². The lowest BCUT2D eigenvalue weighted by Crippen LogP contribution is -2.23. The lowest BCUT2D eigenvalue weighted by molar-refractivity contribution is 0.527. The van der Waals surface area contributed by atoms with Crippen LogP contribution in [0.15, 0.2) is 28.2 Å². The van der Waals surface area contributed by atoms with E-state index in [1.807, 2.05) is 0 Å². The van der Waals surface area contributed by atoms with E-state index in [-0.39, 0.29) is 18.1 Å². The van der Waals surface area contributed by atoms with Crippen LogP contribution in [0.5, 0.6) is 0 Å². The molecule has 1 unspecified atom stereocenters. The fourth-order valence-electron chi connectivity index (χ4n) is 2.43. The first-order valence-electron chi connectivity index (χ1n) is 5.42. The predicted octanol–water partition coefficient (Wildman–Crippen LogP) is 1.94. The number of hydrogen-bond donors (Lipinski definition) is 0. The van der Waals surface area contributed by atoms with E-state index >= 15 is 0 Å². The smallest absolute Gasteiger partial charge is 0.251 e. The molecule has 1 aliphatic rings. The molecule has 0 amide bonds. The Hall–Kier alpha value is -2.40.